The lowest BCUT2D eigenvalue weighted by Crippen LogP contribution is -2.36. The Bertz CT molecular complexity index is 446. The molecular weight excluding hydrogens is 246 g/mol. The highest BCUT2D eigenvalue weighted by Gasteiger charge is 2.34. The van der Waals surface area contributed by atoms with Gasteiger partial charge in [0.05, 0.1) is 0 Å². The minimum atomic E-state index is 0.741. The minimum Gasteiger partial charge on any atom is -0.330 e. The van der Waals surface area contributed by atoms with Crippen LogP contribution in [0.5, 0.6) is 0 Å². The standard InChI is InChI=1S/C17H27N3/c1-19-16-6-7-17(19)13-20(11-9-16)12-15-5-3-2-4-14(15)8-10-18/h2-5,16-17H,6-13,18H2,1H3. The highest BCUT2D eigenvalue weighted by molar-refractivity contribution is 5.27. The maximum Gasteiger partial charge on any atom is 0.0237 e. The first-order valence-corrected chi connectivity index (χ1v) is 7.99. The normalized spacial score (nSPS) is 27.7. The van der Waals surface area contributed by atoms with E-state index in [1.807, 2.05) is 0 Å². The molecule has 2 aliphatic heterocycles. The van der Waals surface area contributed by atoms with Crippen molar-refractivity contribution in [3.63, 3.8) is 0 Å². The van der Waals surface area contributed by atoms with Gasteiger partial charge in [-0.1, -0.05) is 24.3 Å². The van der Waals surface area contributed by atoms with Crippen LogP contribution in [0.2, 0.25) is 0 Å². The number of rotatable bonds is 4. The molecule has 2 bridgehead atoms. The summed E-state index contributed by atoms with van der Waals surface area (Å²) in [5, 5.41) is 0. The molecule has 20 heavy (non-hydrogen) atoms. The third-order valence-corrected chi connectivity index (χ3v) is 5.16. The largest absolute Gasteiger partial charge is 0.330 e. The van der Waals surface area contributed by atoms with Gasteiger partial charge in [0, 0.05) is 31.7 Å². The summed E-state index contributed by atoms with van der Waals surface area (Å²) in [5.41, 5.74) is 8.63. The summed E-state index contributed by atoms with van der Waals surface area (Å²) in [5.74, 6) is 0. The summed E-state index contributed by atoms with van der Waals surface area (Å²) in [7, 11) is 2.31. The quantitative estimate of drug-likeness (QED) is 0.909. The van der Waals surface area contributed by atoms with E-state index in [2.05, 4.69) is 41.1 Å². The predicted octanol–water partition coefficient (Wildman–Crippen LogP) is 1.86. The van der Waals surface area contributed by atoms with Gasteiger partial charge in [0.2, 0.25) is 0 Å². The minimum absolute atomic E-state index is 0.741. The third kappa shape index (κ3) is 2.90. The van der Waals surface area contributed by atoms with Crippen molar-refractivity contribution in [3.8, 4) is 0 Å². The first-order valence-electron chi connectivity index (χ1n) is 7.99. The fourth-order valence-corrected chi connectivity index (χ4v) is 3.87. The second kappa shape index (κ2) is 6.25. The van der Waals surface area contributed by atoms with Gasteiger partial charge in [0.1, 0.15) is 0 Å². The van der Waals surface area contributed by atoms with Crippen molar-refractivity contribution < 1.29 is 0 Å². The zero-order chi connectivity index (χ0) is 13.9. The van der Waals surface area contributed by atoms with Crippen molar-refractivity contribution in [1.82, 2.24) is 9.80 Å². The predicted molar refractivity (Wildman–Crippen MR) is 83.7 cm³/mol. The molecule has 0 amide bonds. The lowest BCUT2D eigenvalue weighted by Gasteiger charge is -2.26. The molecule has 2 saturated heterocycles. The number of nitrogens with two attached hydrogens (primary N) is 1. The van der Waals surface area contributed by atoms with Crippen LogP contribution in [-0.2, 0) is 13.0 Å². The molecule has 2 N–H and O–H groups in total. The fourth-order valence-electron chi connectivity index (χ4n) is 3.87. The van der Waals surface area contributed by atoms with Gasteiger partial charge in [-0.25, -0.2) is 0 Å². The Morgan fingerprint density at radius 1 is 1.10 bits per heavy atom. The Labute approximate surface area is 122 Å². The Morgan fingerprint density at radius 3 is 2.65 bits per heavy atom. The van der Waals surface area contributed by atoms with E-state index in [4.69, 9.17) is 5.73 Å². The molecule has 1 aromatic carbocycles. The summed E-state index contributed by atoms with van der Waals surface area (Å²) in [6.07, 6.45) is 5.10. The number of likely N-dealkylation sites (N-methyl/N-ethyl adjacent to an activating group) is 1. The number of benzene rings is 1. The van der Waals surface area contributed by atoms with Crippen LogP contribution >= 0.6 is 0 Å². The average Bonchev–Trinajstić information content (AvgIpc) is 2.69. The summed E-state index contributed by atoms with van der Waals surface area (Å²) in [6, 6.07) is 10.4. The molecule has 3 rings (SSSR count). The summed E-state index contributed by atoms with van der Waals surface area (Å²) in [4.78, 5) is 5.27. The van der Waals surface area contributed by atoms with Crippen LogP contribution in [0.15, 0.2) is 24.3 Å². The molecule has 2 atom stereocenters. The van der Waals surface area contributed by atoms with Crippen molar-refractivity contribution in [2.24, 2.45) is 5.73 Å². The fraction of sp³-hybridized carbons (Fsp3) is 0.647. The Kier molecular flexibility index (Phi) is 4.39. The molecular formula is C17H27N3. The first-order chi connectivity index (χ1) is 9.78. The van der Waals surface area contributed by atoms with Gasteiger partial charge in [0.15, 0.2) is 0 Å². The van der Waals surface area contributed by atoms with Crippen molar-refractivity contribution in [3.05, 3.63) is 35.4 Å². The van der Waals surface area contributed by atoms with Crippen LogP contribution in [-0.4, -0.2) is 48.6 Å². The summed E-state index contributed by atoms with van der Waals surface area (Å²) >= 11 is 0. The van der Waals surface area contributed by atoms with E-state index >= 15 is 0 Å². The van der Waals surface area contributed by atoms with Crippen molar-refractivity contribution in [2.75, 3.05) is 26.7 Å². The van der Waals surface area contributed by atoms with Crippen LogP contribution in [0.25, 0.3) is 0 Å². The lowest BCUT2D eigenvalue weighted by atomic mass is 10.0. The highest BCUT2D eigenvalue weighted by atomic mass is 15.3. The van der Waals surface area contributed by atoms with Gasteiger partial charge < -0.3 is 5.73 Å². The molecule has 2 unspecified atom stereocenters. The van der Waals surface area contributed by atoms with E-state index in [0.29, 0.717) is 0 Å². The summed E-state index contributed by atoms with van der Waals surface area (Å²) in [6.45, 7) is 4.30. The van der Waals surface area contributed by atoms with E-state index in [1.165, 1.54) is 43.5 Å². The number of likely N-dealkylation sites (tertiary alicyclic amines) is 1. The molecule has 3 nitrogen and oxygen atoms in total. The maximum absolute atomic E-state index is 5.73. The van der Waals surface area contributed by atoms with E-state index in [1.54, 1.807) is 0 Å². The SMILES string of the molecule is CN1C2CCC1CN(Cc1ccccc1CCN)CC2. The zero-order valence-electron chi connectivity index (χ0n) is 12.6. The lowest BCUT2D eigenvalue weighted by molar-refractivity contribution is 0.214. The van der Waals surface area contributed by atoms with Crippen molar-refractivity contribution in [2.45, 2.75) is 44.3 Å². The molecule has 2 aliphatic rings. The Morgan fingerprint density at radius 2 is 1.85 bits per heavy atom. The third-order valence-electron chi connectivity index (χ3n) is 5.16. The van der Waals surface area contributed by atoms with Crippen LogP contribution in [0.3, 0.4) is 0 Å². The molecule has 0 radical (unpaired) electrons. The molecule has 0 saturated carbocycles. The molecule has 2 heterocycles. The molecule has 3 heteroatoms. The molecule has 1 aromatic rings. The molecule has 0 aromatic heterocycles. The summed E-state index contributed by atoms with van der Waals surface area (Å²) < 4.78 is 0. The van der Waals surface area contributed by atoms with Gasteiger partial charge >= 0.3 is 0 Å². The van der Waals surface area contributed by atoms with Crippen LogP contribution in [0, 0.1) is 0 Å². The topological polar surface area (TPSA) is 32.5 Å². The first kappa shape index (κ1) is 14.1. The smallest absolute Gasteiger partial charge is 0.0237 e. The molecule has 2 fully saturated rings. The molecule has 110 valence electrons. The Balaban J connectivity index is 1.69. The van der Waals surface area contributed by atoms with E-state index in [-0.39, 0.29) is 0 Å². The van der Waals surface area contributed by atoms with Crippen LogP contribution < -0.4 is 5.73 Å². The van der Waals surface area contributed by atoms with Crippen molar-refractivity contribution in [1.29, 1.82) is 0 Å². The maximum atomic E-state index is 5.73. The number of hydrogen-bond acceptors (Lipinski definition) is 3. The second-order valence-electron chi connectivity index (χ2n) is 6.38. The van der Waals surface area contributed by atoms with E-state index in [9.17, 15) is 0 Å². The van der Waals surface area contributed by atoms with E-state index < -0.39 is 0 Å². The average molecular weight is 273 g/mol. The second-order valence-corrected chi connectivity index (χ2v) is 6.38. The number of hydrogen-bond donors (Lipinski definition) is 1. The number of nitrogens with zero attached hydrogens (tertiary/aromatic N) is 2. The van der Waals surface area contributed by atoms with Crippen LogP contribution in [0.1, 0.15) is 30.4 Å². The molecule has 0 spiro atoms. The highest BCUT2D eigenvalue weighted by Crippen LogP contribution is 2.29. The van der Waals surface area contributed by atoms with Crippen molar-refractivity contribution >= 4 is 0 Å². The van der Waals surface area contributed by atoms with Gasteiger partial charge in [-0.15, -0.1) is 0 Å². The zero-order valence-corrected chi connectivity index (χ0v) is 12.6. The van der Waals surface area contributed by atoms with Crippen LogP contribution in [0.4, 0.5) is 0 Å². The van der Waals surface area contributed by atoms with Gasteiger partial charge in [0.25, 0.3) is 0 Å². The van der Waals surface area contributed by atoms with Gasteiger partial charge in [-0.3, -0.25) is 9.80 Å². The number of fused-ring (bicyclic) bond motifs is 2. The Hall–Kier alpha value is -0.900. The van der Waals surface area contributed by atoms with Gasteiger partial charge in [-0.05, 0) is 50.4 Å². The monoisotopic (exact) mass is 273 g/mol. The van der Waals surface area contributed by atoms with Gasteiger partial charge in [-0.2, -0.15) is 0 Å². The van der Waals surface area contributed by atoms with E-state index in [0.717, 1.165) is 31.6 Å². The molecule has 0 aliphatic carbocycles.